The van der Waals surface area contributed by atoms with Gasteiger partial charge in [0.15, 0.2) is 10.9 Å². The SMILES string of the molecule is Nc1cc(C(F)(F)F)nc(SCCc2cc3c(C(F)(F)F)csc3c(Cl)n2)n1. The molecule has 0 spiro atoms. The number of rotatable bonds is 4. The average molecular weight is 459 g/mol. The van der Waals surface area contributed by atoms with Crippen LogP contribution in [0.25, 0.3) is 10.1 Å². The van der Waals surface area contributed by atoms with Crippen molar-refractivity contribution in [3.63, 3.8) is 0 Å². The van der Waals surface area contributed by atoms with Gasteiger partial charge in [0.2, 0.25) is 0 Å². The van der Waals surface area contributed by atoms with Crippen LogP contribution in [0.2, 0.25) is 5.15 Å². The van der Waals surface area contributed by atoms with Crippen LogP contribution in [0.1, 0.15) is 17.0 Å². The fourth-order valence-corrected chi connectivity index (χ4v) is 4.40. The van der Waals surface area contributed by atoms with Crippen molar-refractivity contribution in [1.29, 1.82) is 0 Å². The molecule has 3 heterocycles. The van der Waals surface area contributed by atoms with Gasteiger partial charge in [-0.25, -0.2) is 15.0 Å². The van der Waals surface area contributed by atoms with Crippen LogP contribution in [0.3, 0.4) is 0 Å². The summed E-state index contributed by atoms with van der Waals surface area (Å²) in [6, 6.07) is 1.90. The van der Waals surface area contributed by atoms with Gasteiger partial charge in [-0.1, -0.05) is 23.4 Å². The van der Waals surface area contributed by atoms with Crippen molar-refractivity contribution >= 4 is 50.6 Å². The Morgan fingerprint density at radius 2 is 1.75 bits per heavy atom. The largest absolute Gasteiger partial charge is 0.433 e. The number of aryl methyl sites for hydroxylation is 1. The molecular weight excluding hydrogens is 450 g/mol. The Bertz CT molecular complexity index is 1020. The number of fused-ring (bicyclic) bond motifs is 1. The third-order valence-electron chi connectivity index (χ3n) is 3.48. The molecule has 3 aromatic heterocycles. The predicted octanol–water partition coefficient (Wildman–Crippen LogP) is 5.69. The van der Waals surface area contributed by atoms with Gasteiger partial charge >= 0.3 is 12.4 Å². The highest BCUT2D eigenvalue weighted by molar-refractivity contribution is 7.99. The highest BCUT2D eigenvalue weighted by Gasteiger charge is 2.35. The highest BCUT2D eigenvalue weighted by Crippen LogP contribution is 2.40. The van der Waals surface area contributed by atoms with E-state index >= 15 is 0 Å². The minimum Gasteiger partial charge on any atom is -0.384 e. The number of hydrogen-bond donors (Lipinski definition) is 1. The number of pyridine rings is 1. The van der Waals surface area contributed by atoms with Crippen LogP contribution in [0.15, 0.2) is 22.7 Å². The number of nitrogen functional groups attached to an aromatic ring is 1. The van der Waals surface area contributed by atoms with Gasteiger partial charge in [-0.05, 0) is 12.5 Å². The van der Waals surface area contributed by atoms with Crippen molar-refractivity contribution < 1.29 is 26.3 Å². The second kappa shape index (κ2) is 7.56. The van der Waals surface area contributed by atoms with E-state index in [2.05, 4.69) is 15.0 Å². The summed E-state index contributed by atoms with van der Waals surface area (Å²) < 4.78 is 77.7. The summed E-state index contributed by atoms with van der Waals surface area (Å²) in [4.78, 5) is 11.2. The summed E-state index contributed by atoms with van der Waals surface area (Å²) in [5, 5.41) is 0.663. The lowest BCUT2D eigenvalue weighted by Gasteiger charge is -2.09. The summed E-state index contributed by atoms with van der Waals surface area (Å²) in [6.45, 7) is 0. The highest BCUT2D eigenvalue weighted by atomic mass is 35.5. The Balaban J connectivity index is 1.79. The number of anilines is 1. The third kappa shape index (κ3) is 4.61. The van der Waals surface area contributed by atoms with Crippen LogP contribution in [-0.2, 0) is 18.8 Å². The lowest BCUT2D eigenvalue weighted by atomic mass is 10.1. The van der Waals surface area contributed by atoms with Gasteiger partial charge in [-0.2, -0.15) is 26.3 Å². The van der Waals surface area contributed by atoms with Crippen molar-refractivity contribution in [3.8, 4) is 0 Å². The molecular formula is C15H9ClF6N4S2. The molecule has 0 radical (unpaired) electrons. The van der Waals surface area contributed by atoms with E-state index in [0.717, 1.165) is 28.5 Å². The molecule has 0 aromatic carbocycles. The second-order valence-corrected chi connectivity index (χ2v) is 7.78. The zero-order chi connectivity index (χ0) is 20.7. The van der Waals surface area contributed by atoms with Crippen LogP contribution >= 0.6 is 34.7 Å². The first-order chi connectivity index (χ1) is 12.9. The lowest BCUT2D eigenvalue weighted by molar-refractivity contribution is -0.141. The van der Waals surface area contributed by atoms with E-state index in [0.29, 0.717) is 6.07 Å². The molecule has 0 unspecified atom stereocenters. The Kier molecular flexibility index (Phi) is 5.65. The Hall–Kier alpha value is -1.79. The number of aromatic nitrogens is 3. The van der Waals surface area contributed by atoms with Gasteiger partial charge in [0.1, 0.15) is 11.0 Å². The smallest absolute Gasteiger partial charge is 0.384 e. The van der Waals surface area contributed by atoms with Gasteiger partial charge in [0.05, 0.1) is 10.3 Å². The van der Waals surface area contributed by atoms with E-state index in [-0.39, 0.29) is 44.1 Å². The van der Waals surface area contributed by atoms with Crippen LogP contribution in [0.5, 0.6) is 0 Å². The number of nitrogens with two attached hydrogens (primary N) is 1. The molecule has 0 aliphatic carbocycles. The lowest BCUT2D eigenvalue weighted by Crippen LogP contribution is -2.11. The van der Waals surface area contributed by atoms with Gasteiger partial charge in [-0.15, -0.1) is 11.3 Å². The average Bonchev–Trinajstić information content (AvgIpc) is 2.98. The van der Waals surface area contributed by atoms with E-state index < -0.39 is 23.6 Å². The molecule has 150 valence electrons. The predicted molar refractivity (Wildman–Crippen MR) is 95.5 cm³/mol. The van der Waals surface area contributed by atoms with Crippen molar-refractivity contribution in [3.05, 3.63) is 39.6 Å². The molecule has 0 saturated heterocycles. The molecule has 0 fully saturated rings. The number of thioether (sulfide) groups is 1. The summed E-state index contributed by atoms with van der Waals surface area (Å²) in [6.07, 6.45) is -9.05. The van der Waals surface area contributed by atoms with Crippen LogP contribution < -0.4 is 5.73 Å². The maximum Gasteiger partial charge on any atom is 0.433 e. The van der Waals surface area contributed by atoms with Crippen LogP contribution in [0.4, 0.5) is 32.2 Å². The number of thiophene rings is 1. The van der Waals surface area contributed by atoms with E-state index in [1.165, 1.54) is 6.07 Å². The molecule has 0 amide bonds. The molecule has 0 atom stereocenters. The molecule has 0 saturated carbocycles. The number of nitrogens with zero attached hydrogens (tertiary/aromatic N) is 3. The summed E-state index contributed by atoms with van der Waals surface area (Å²) in [5.41, 5.74) is 3.66. The number of hydrogen-bond acceptors (Lipinski definition) is 6. The molecule has 3 aromatic rings. The van der Waals surface area contributed by atoms with Crippen molar-refractivity contribution in [1.82, 2.24) is 15.0 Å². The number of halogens is 7. The maximum absolute atomic E-state index is 13.1. The fourth-order valence-electron chi connectivity index (χ4n) is 2.29. The van der Waals surface area contributed by atoms with Crippen molar-refractivity contribution in [2.75, 3.05) is 11.5 Å². The van der Waals surface area contributed by atoms with Crippen LogP contribution in [-0.4, -0.2) is 20.7 Å². The topological polar surface area (TPSA) is 64.7 Å². The van der Waals surface area contributed by atoms with E-state index in [1.807, 2.05) is 0 Å². The van der Waals surface area contributed by atoms with Gasteiger partial charge < -0.3 is 5.73 Å². The zero-order valence-electron chi connectivity index (χ0n) is 13.5. The second-order valence-electron chi connectivity index (χ2n) is 5.49. The zero-order valence-corrected chi connectivity index (χ0v) is 15.9. The fraction of sp³-hybridized carbons (Fsp3) is 0.267. The molecule has 3 rings (SSSR count). The normalized spacial score (nSPS) is 12.7. The third-order valence-corrected chi connectivity index (χ3v) is 5.72. The quantitative estimate of drug-likeness (QED) is 0.235. The standard InChI is InChI=1S/C15H9ClF6N4S2/c16-12-11-7(8(5-28-11)14(17,18)19)3-6(24-12)1-2-27-13-25-9(15(20,21)22)4-10(23)26-13/h3-5H,1-2H2,(H2,23,25,26). The van der Waals surface area contributed by atoms with Crippen LogP contribution in [0, 0.1) is 0 Å². The molecule has 4 nitrogen and oxygen atoms in total. The summed E-state index contributed by atoms with van der Waals surface area (Å²) in [5.74, 6) is -0.165. The van der Waals surface area contributed by atoms with E-state index in [1.54, 1.807) is 0 Å². The monoisotopic (exact) mass is 458 g/mol. The summed E-state index contributed by atoms with van der Waals surface area (Å²) in [7, 11) is 0. The van der Waals surface area contributed by atoms with Gasteiger partial charge in [0.25, 0.3) is 0 Å². The minimum atomic E-state index is -4.67. The minimum absolute atomic E-state index is 0.0578. The van der Waals surface area contributed by atoms with Gasteiger partial charge in [-0.3, -0.25) is 0 Å². The van der Waals surface area contributed by atoms with Crippen molar-refractivity contribution in [2.45, 2.75) is 23.9 Å². The first-order valence-corrected chi connectivity index (χ1v) is 9.68. The molecule has 13 heteroatoms. The first kappa shape index (κ1) is 20.9. The van der Waals surface area contributed by atoms with Gasteiger partial charge in [0, 0.05) is 28.3 Å². The Morgan fingerprint density at radius 1 is 1.04 bits per heavy atom. The molecule has 2 N–H and O–H groups in total. The molecule has 28 heavy (non-hydrogen) atoms. The van der Waals surface area contributed by atoms with E-state index in [9.17, 15) is 26.3 Å². The van der Waals surface area contributed by atoms with E-state index in [4.69, 9.17) is 17.3 Å². The Labute approximate surface area is 167 Å². The first-order valence-electron chi connectivity index (χ1n) is 7.43. The summed E-state index contributed by atoms with van der Waals surface area (Å²) >= 11 is 7.69. The molecule has 0 aliphatic rings. The molecule has 0 bridgehead atoms. The molecule has 0 aliphatic heterocycles. The Morgan fingerprint density at radius 3 is 2.39 bits per heavy atom. The number of alkyl halides is 6. The maximum atomic E-state index is 13.1. The van der Waals surface area contributed by atoms with Crippen molar-refractivity contribution in [2.24, 2.45) is 0 Å².